The van der Waals surface area contributed by atoms with Gasteiger partial charge in [-0.15, -0.1) is 0 Å². The van der Waals surface area contributed by atoms with Gasteiger partial charge in [0.25, 0.3) is 0 Å². The molecule has 16 heavy (non-hydrogen) atoms. The second kappa shape index (κ2) is 5.71. The molecule has 0 heterocycles. The van der Waals surface area contributed by atoms with Crippen molar-refractivity contribution in [3.05, 3.63) is 40.5 Å². The molecule has 0 spiro atoms. The lowest BCUT2D eigenvalue weighted by atomic mass is 10.1. The maximum absolute atomic E-state index is 7.42. The SMILES string of the molecule is Cc1ccc(Cl)c(/C(C=N)=C/NC(C)C)c1. The molecule has 3 heteroatoms. The highest BCUT2D eigenvalue weighted by Gasteiger charge is 2.04. The van der Waals surface area contributed by atoms with Gasteiger partial charge >= 0.3 is 0 Å². The lowest BCUT2D eigenvalue weighted by Crippen LogP contribution is -2.16. The maximum atomic E-state index is 7.42. The maximum Gasteiger partial charge on any atom is 0.0485 e. The van der Waals surface area contributed by atoms with Crippen LogP contribution in [0.2, 0.25) is 5.02 Å². The molecule has 2 N–H and O–H groups in total. The number of hydrogen-bond acceptors (Lipinski definition) is 2. The third-order valence-electron chi connectivity index (χ3n) is 2.16. The monoisotopic (exact) mass is 236 g/mol. The van der Waals surface area contributed by atoms with Crippen molar-refractivity contribution in [3.63, 3.8) is 0 Å². The van der Waals surface area contributed by atoms with Crippen LogP contribution in [0.1, 0.15) is 25.0 Å². The van der Waals surface area contributed by atoms with Gasteiger partial charge in [-0.3, -0.25) is 0 Å². The number of allylic oxidation sites excluding steroid dienone is 1. The van der Waals surface area contributed by atoms with Gasteiger partial charge in [0.05, 0.1) is 0 Å². The van der Waals surface area contributed by atoms with Gasteiger partial charge in [-0.2, -0.15) is 0 Å². The Morgan fingerprint density at radius 2 is 2.12 bits per heavy atom. The summed E-state index contributed by atoms with van der Waals surface area (Å²) in [4.78, 5) is 0. The van der Waals surface area contributed by atoms with Crippen molar-refractivity contribution in [1.82, 2.24) is 5.32 Å². The number of halogens is 1. The Balaban J connectivity index is 3.08. The predicted octanol–water partition coefficient (Wildman–Crippen LogP) is 3.64. The van der Waals surface area contributed by atoms with E-state index in [1.165, 1.54) is 6.21 Å². The number of hydrogen-bond donors (Lipinski definition) is 2. The van der Waals surface area contributed by atoms with Crippen LogP contribution in [-0.4, -0.2) is 12.3 Å². The summed E-state index contributed by atoms with van der Waals surface area (Å²) in [6.07, 6.45) is 3.15. The molecule has 0 aliphatic rings. The smallest absolute Gasteiger partial charge is 0.0485 e. The van der Waals surface area contributed by atoms with Crippen molar-refractivity contribution in [1.29, 1.82) is 5.41 Å². The van der Waals surface area contributed by atoms with E-state index in [9.17, 15) is 0 Å². The van der Waals surface area contributed by atoms with Gasteiger partial charge < -0.3 is 10.7 Å². The van der Waals surface area contributed by atoms with Crippen LogP contribution in [0.25, 0.3) is 5.57 Å². The summed E-state index contributed by atoms with van der Waals surface area (Å²) in [5.74, 6) is 0. The molecule has 0 fully saturated rings. The first kappa shape index (κ1) is 12.8. The van der Waals surface area contributed by atoms with Gasteiger partial charge in [0.2, 0.25) is 0 Å². The molecule has 0 radical (unpaired) electrons. The third-order valence-corrected chi connectivity index (χ3v) is 2.49. The van der Waals surface area contributed by atoms with Gasteiger partial charge in [-0.1, -0.05) is 23.2 Å². The van der Waals surface area contributed by atoms with E-state index >= 15 is 0 Å². The van der Waals surface area contributed by atoms with Crippen LogP contribution in [0.5, 0.6) is 0 Å². The highest BCUT2D eigenvalue weighted by molar-refractivity contribution is 6.33. The van der Waals surface area contributed by atoms with Gasteiger partial charge in [-0.05, 0) is 32.9 Å². The highest BCUT2D eigenvalue weighted by atomic mass is 35.5. The molecule has 1 aromatic carbocycles. The third kappa shape index (κ3) is 3.38. The fourth-order valence-electron chi connectivity index (χ4n) is 1.31. The minimum Gasteiger partial charge on any atom is -0.388 e. The predicted molar refractivity (Wildman–Crippen MR) is 71.2 cm³/mol. The summed E-state index contributed by atoms with van der Waals surface area (Å²) in [5.41, 5.74) is 2.82. The van der Waals surface area contributed by atoms with E-state index in [0.717, 1.165) is 16.7 Å². The van der Waals surface area contributed by atoms with E-state index < -0.39 is 0 Å². The molecule has 0 aromatic heterocycles. The Labute approximate surface area is 102 Å². The molecule has 0 atom stereocenters. The topological polar surface area (TPSA) is 35.9 Å². The molecule has 1 rings (SSSR count). The molecule has 0 aliphatic carbocycles. The lowest BCUT2D eigenvalue weighted by molar-refractivity contribution is 0.704. The molecule has 0 saturated heterocycles. The van der Waals surface area contributed by atoms with Crippen molar-refractivity contribution in [2.45, 2.75) is 26.8 Å². The van der Waals surface area contributed by atoms with Crippen LogP contribution in [-0.2, 0) is 0 Å². The van der Waals surface area contributed by atoms with Crippen molar-refractivity contribution in [3.8, 4) is 0 Å². The van der Waals surface area contributed by atoms with Crippen molar-refractivity contribution in [2.24, 2.45) is 0 Å². The van der Waals surface area contributed by atoms with Crippen LogP contribution < -0.4 is 5.32 Å². The molecule has 1 aromatic rings. The van der Waals surface area contributed by atoms with E-state index in [0.29, 0.717) is 11.1 Å². The summed E-state index contributed by atoms with van der Waals surface area (Å²) < 4.78 is 0. The van der Waals surface area contributed by atoms with E-state index in [1.54, 1.807) is 0 Å². The van der Waals surface area contributed by atoms with Gasteiger partial charge in [0.1, 0.15) is 0 Å². The summed E-state index contributed by atoms with van der Waals surface area (Å²) in [6, 6.07) is 6.15. The van der Waals surface area contributed by atoms with Gasteiger partial charge in [0, 0.05) is 34.6 Å². The fourth-order valence-corrected chi connectivity index (χ4v) is 1.54. The van der Waals surface area contributed by atoms with Crippen LogP contribution in [0, 0.1) is 12.3 Å². The quantitative estimate of drug-likeness (QED) is 0.770. The molecule has 0 amide bonds. The molecule has 0 saturated carbocycles. The molecule has 86 valence electrons. The van der Waals surface area contributed by atoms with Crippen molar-refractivity contribution >= 4 is 23.4 Å². The average Bonchev–Trinajstić information content (AvgIpc) is 2.23. The summed E-state index contributed by atoms with van der Waals surface area (Å²) in [6.45, 7) is 6.11. The molecule has 0 aliphatic heterocycles. The zero-order chi connectivity index (χ0) is 12.1. The highest BCUT2D eigenvalue weighted by Crippen LogP contribution is 2.23. The van der Waals surface area contributed by atoms with E-state index in [1.807, 2.05) is 31.3 Å². The molecular formula is C13H17ClN2. The number of rotatable bonds is 4. The Kier molecular flexibility index (Phi) is 4.56. The van der Waals surface area contributed by atoms with Crippen LogP contribution in [0.3, 0.4) is 0 Å². The minimum atomic E-state index is 0.346. The molecular weight excluding hydrogens is 220 g/mol. The second-order valence-electron chi connectivity index (χ2n) is 4.05. The zero-order valence-corrected chi connectivity index (χ0v) is 10.6. The van der Waals surface area contributed by atoms with E-state index in [4.69, 9.17) is 17.0 Å². The van der Waals surface area contributed by atoms with E-state index in [-0.39, 0.29) is 0 Å². The van der Waals surface area contributed by atoms with Crippen molar-refractivity contribution < 1.29 is 0 Å². The normalized spacial score (nSPS) is 11.7. The molecule has 2 nitrogen and oxygen atoms in total. The van der Waals surface area contributed by atoms with Crippen molar-refractivity contribution in [2.75, 3.05) is 0 Å². The first-order valence-corrected chi connectivity index (χ1v) is 5.65. The summed E-state index contributed by atoms with van der Waals surface area (Å²) >= 11 is 6.11. The Morgan fingerprint density at radius 1 is 1.44 bits per heavy atom. The standard InChI is InChI=1S/C13H17ClN2/c1-9(2)16-8-11(7-15)12-6-10(3)4-5-13(12)14/h4-9,15-16H,1-3H3/b11-8+,15-7?. The minimum absolute atomic E-state index is 0.346. The first-order valence-electron chi connectivity index (χ1n) is 5.28. The Hall–Kier alpha value is -1.28. The summed E-state index contributed by atoms with van der Waals surface area (Å²) in [5, 5.41) is 11.3. The lowest BCUT2D eigenvalue weighted by Gasteiger charge is -2.09. The van der Waals surface area contributed by atoms with Gasteiger partial charge in [-0.25, -0.2) is 0 Å². The first-order chi connectivity index (χ1) is 7.54. The number of benzene rings is 1. The Bertz CT molecular complexity index is 408. The largest absolute Gasteiger partial charge is 0.388 e. The molecule has 0 bridgehead atoms. The fraction of sp³-hybridized carbons (Fsp3) is 0.308. The van der Waals surface area contributed by atoms with Crippen LogP contribution in [0.15, 0.2) is 24.4 Å². The zero-order valence-electron chi connectivity index (χ0n) is 9.84. The van der Waals surface area contributed by atoms with Gasteiger partial charge in [0.15, 0.2) is 0 Å². The van der Waals surface area contributed by atoms with E-state index in [2.05, 4.69) is 19.2 Å². The summed E-state index contributed by atoms with van der Waals surface area (Å²) in [7, 11) is 0. The number of aryl methyl sites for hydroxylation is 1. The van der Waals surface area contributed by atoms with Crippen LogP contribution >= 0.6 is 11.6 Å². The Morgan fingerprint density at radius 3 is 2.69 bits per heavy atom. The number of nitrogens with one attached hydrogen (secondary N) is 2. The van der Waals surface area contributed by atoms with Crippen LogP contribution in [0.4, 0.5) is 0 Å². The second-order valence-corrected chi connectivity index (χ2v) is 4.46. The average molecular weight is 237 g/mol. The molecule has 0 unspecified atom stereocenters.